The predicted octanol–water partition coefficient (Wildman–Crippen LogP) is 24.2. The van der Waals surface area contributed by atoms with E-state index >= 15 is 0 Å². The van der Waals surface area contributed by atoms with E-state index in [1.54, 1.807) is 0 Å². The number of nitrogens with zero attached hydrogens (tertiary/aromatic N) is 6. The lowest BCUT2D eigenvalue weighted by Crippen LogP contribution is -2.26. The van der Waals surface area contributed by atoms with Gasteiger partial charge in [0, 0.05) is 56.4 Å². The van der Waals surface area contributed by atoms with Gasteiger partial charge in [-0.25, -0.2) is 19.9 Å². The minimum absolute atomic E-state index is 0.591. The van der Waals surface area contributed by atoms with Crippen LogP contribution >= 0.6 is 0 Å². The first-order valence-corrected chi connectivity index (χ1v) is 35.4. The monoisotopic (exact) mass is 1330 g/mol. The number of rotatable bonds is 10. The van der Waals surface area contributed by atoms with Crippen molar-refractivity contribution in [2.75, 3.05) is 9.80 Å². The molecule has 0 atom stereocenters. The van der Waals surface area contributed by atoms with E-state index in [4.69, 9.17) is 28.8 Å². The fourth-order valence-electron chi connectivity index (χ4n) is 17.8. The summed E-state index contributed by atoms with van der Waals surface area (Å²) in [4.78, 5) is 26.0. The Bertz CT molecular complexity index is 6020. The summed E-state index contributed by atoms with van der Waals surface area (Å²) in [6, 6.07) is 127. The molecular weight excluding hydrogens is 1270 g/mol. The Morgan fingerprint density at radius 2 is 0.481 bits per heavy atom. The van der Waals surface area contributed by atoms with Crippen LogP contribution in [0.3, 0.4) is 0 Å². The molecule has 2 spiro atoms. The Hall–Kier alpha value is -13.8. The third-order valence-electron chi connectivity index (χ3n) is 22.1. The number of fused-ring (bicyclic) bond motifs is 23. The molecule has 8 nitrogen and oxygen atoms in total. The van der Waals surface area contributed by atoms with Crippen LogP contribution in [-0.2, 0) is 10.8 Å². The van der Waals surface area contributed by atoms with Crippen LogP contribution in [0.1, 0.15) is 44.5 Å². The van der Waals surface area contributed by atoms with Gasteiger partial charge in [-0.05, 0) is 235 Å². The van der Waals surface area contributed by atoms with Gasteiger partial charge in [-0.2, -0.15) is 0 Å². The van der Waals surface area contributed by atoms with Gasteiger partial charge in [0.25, 0.3) is 0 Å². The van der Waals surface area contributed by atoms with Crippen LogP contribution in [0.2, 0.25) is 0 Å². The van der Waals surface area contributed by atoms with E-state index < -0.39 is 10.8 Å². The van der Waals surface area contributed by atoms with Crippen molar-refractivity contribution in [1.82, 2.24) is 19.9 Å². The molecule has 0 saturated heterocycles. The lowest BCUT2D eigenvalue weighted by Gasteiger charge is -2.32. The summed E-state index contributed by atoms with van der Waals surface area (Å²) in [5, 5.41) is 0. The quantitative estimate of drug-likeness (QED) is 0.134. The predicted molar refractivity (Wildman–Crippen MR) is 418 cm³/mol. The summed E-state index contributed by atoms with van der Waals surface area (Å²) in [7, 11) is 0. The minimum Gasteiger partial charge on any atom is -0.436 e. The molecule has 0 N–H and O–H groups in total. The third-order valence-corrected chi connectivity index (χ3v) is 22.1. The number of aromatic nitrogens is 4. The fraction of sp³-hybridized carbons (Fsp3) is 0.0208. The molecule has 3 heterocycles. The van der Waals surface area contributed by atoms with Crippen LogP contribution in [0.5, 0.6) is 0 Å². The second-order valence-corrected chi connectivity index (χ2v) is 27.5. The van der Waals surface area contributed by atoms with Gasteiger partial charge in [-0.3, -0.25) is 0 Å². The topological polar surface area (TPSA) is 84.3 Å². The van der Waals surface area contributed by atoms with Gasteiger partial charge >= 0.3 is 0 Å². The van der Waals surface area contributed by atoms with Crippen LogP contribution in [0.25, 0.3) is 123 Å². The average Bonchev–Trinajstić information content (AvgIpc) is 1.51. The summed E-state index contributed by atoms with van der Waals surface area (Å²) in [6.45, 7) is 0. The van der Waals surface area contributed by atoms with E-state index in [0.29, 0.717) is 11.8 Å². The Labute approximate surface area is 599 Å². The van der Waals surface area contributed by atoms with Crippen LogP contribution in [0.15, 0.2) is 361 Å². The molecule has 0 unspecified atom stereocenters. The lowest BCUT2D eigenvalue weighted by atomic mass is 9.70. The summed E-state index contributed by atoms with van der Waals surface area (Å²) in [6.07, 6.45) is 0. The summed E-state index contributed by atoms with van der Waals surface area (Å²) in [5.41, 5.74) is 34.5. The normalized spacial score (nSPS) is 13.3. The van der Waals surface area contributed by atoms with E-state index in [1.807, 2.05) is 48.5 Å². The molecule has 18 aromatic rings. The minimum atomic E-state index is -0.714. The number of oxazole rings is 2. The van der Waals surface area contributed by atoms with E-state index in [-0.39, 0.29) is 0 Å². The van der Waals surface area contributed by atoms with Crippen molar-refractivity contribution in [3.8, 4) is 89.9 Å². The van der Waals surface area contributed by atoms with Gasteiger partial charge in [0.2, 0.25) is 11.8 Å². The second-order valence-electron chi connectivity index (χ2n) is 27.5. The molecule has 4 aliphatic carbocycles. The fourth-order valence-corrected chi connectivity index (χ4v) is 17.8. The summed E-state index contributed by atoms with van der Waals surface area (Å²) >= 11 is 0. The van der Waals surface area contributed by atoms with Crippen LogP contribution < -0.4 is 9.80 Å². The van der Waals surface area contributed by atoms with Crippen LogP contribution in [0.4, 0.5) is 34.1 Å². The van der Waals surface area contributed by atoms with Crippen molar-refractivity contribution >= 4 is 67.4 Å². The SMILES string of the molecule is c1ccc(N(c2ccc(-c3nc4ccccc4o3)cc2)c2ccc3c(c2)C2(c4ccccc4-c4ccccc42)c2cc(-c4nc5ccccc5nc4-c4ccc5c(c4)C4(c6ccccc6-c6ccccc64)c4cc(N(c6ccccc6)c6ccc(-c7nc8ccccc8o7)cc6)ccc4-5)ccc2-3)cc1. The first-order valence-electron chi connectivity index (χ1n) is 35.4. The largest absolute Gasteiger partial charge is 0.436 e. The third kappa shape index (κ3) is 8.36. The zero-order chi connectivity index (χ0) is 68.2. The smallest absolute Gasteiger partial charge is 0.227 e. The van der Waals surface area contributed by atoms with E-state index in [2.05, 4.69) is 313 Å². The van der Waals surface area contributed by atoms with Crippen molar-refractivity contribution in [2.45, 2.75) is 10.8 Å². The lowest BCUT2D eigenvalue weighted by molar-refractivity contribution is 0.619. The molecule has 22 rings (SSSR count). The molecule has 15 aromatic carbocycles. The molecule has 484 valence electrons. The maximum Gasteiger partial charge on any atom is 0.227 e. The number of benzene rings is 15. The molecule has 0 bridgehead atoms. The Morgan fingerprint density at radius 3 is 0.856 bits per heavy atom. The first kappa shape index (κ1) is 58.0. The molecule has 8 heteroatoms. The number of anilines is 6. The Kier molecular flexibility index (Phi) is 12.5. The number of hydrogen-bond donors (Lipinski definition) is 0. The highest BCUT2D eigenvalue weighted by Gasteiger charge is 2.54. The number of para-hydroxylation sites is 8. The summed E-state index contributed by atoms with van der Waals surface area (Å²) < 4.78 is 12.6. The molecular formula is C96H58N6O2. The highest BCUT2D eigenvalue weighted by molar-refractivity contribution is 6.01. The van der Waals surface area contributed by atoms with Gasteiger partial charge in [-0.15, -0.1) is 0 Å². The molecule has 0 radical (unpaired) electrons. The van der Waals surface area contributed by atoms with Crippen molar-refractivity contribution in [2.24, 2.45) is 0 Å². The maximum absolute atomic E-state index is 6.28. The van der Waals surface area contributed by atoms with Gasteiger partial charge in [0.1, 0.15) is 11.0 Å². The van der Waals surface area contributed by atoms with Crippen molar-refractivity contribution in [3.63, 3.8) is 0 Å². The van der Waals surface area contributed by atoms with E-state index in [0.717, 1.165) is 101 Å². The van der Waals surface area contributed by atoms with Crippen LogP contribution in [-0.4, -0.2) is 19.9 Å². The highest BCUT2D eigenvalue weighted by Crippen LogP contribution is 2.66. The maximum atomic E-state index is 6.28. The molecule has 0 aliphatic heterocycles. The Morgan fingerprint density at radius 1 is 0.202 bits per heavy atom. The molecule has 104 heavy (non-hydrogen) atoms. The van der Waals surface area contributed by atoms with Gasteiger partial charge in [0.15, 0.2) is 11.2 Å². The zero-order valence-corrected chi connectivity index (χ0v) is 56.0. The molecule has 3 aromatic heterocycles. The van der Waals surface area contributed by atoms with Crippen molar-refractivity contribution in [3.05, 3.63) is 396 Å². The zero-order valence-electron chi connectivity index (χ0n) is 56.0. The van der Waals surface area contributed by atoms with Crippen LogP contribution in [0, 0.1) is 0 Å². The Balaban J connectivity index is 0.712. The molecule has 0 amide bonds. The second kappa shape index (κ2) is 22.3. The van der Waals surface area contributed by atoms with Gasteiger partial charge in [-0.1, -0.05) is 206 Å². The van der Waals surface area contributed by atoms with E-state index in [1.165, 1.54) is 89.0 Å². The van der Waals surface area contributed by atoms with Crippen molar-refractivity contribution in [1.29, 1.82) is 0 Å². The molecule has 0 fully saturated rings. The first-order chi connectivity index (χ1) is 51.5. The highest BCUT2D eigenvalue weighted by atomic mass is 16.4. The van der Waals surface area contributed by atoms with Gasteiger partial charge in [0.05, 0.1) is 33.3 Å². The molecule has 4 aliphatic rings. The van der Waals surface area contributed by atoms with E-state index in [9.17, 15) is 0 Å². The average molecular weight is 1330 g/mol. The van der Waals surface area contributed by atoms with Crippen molar-refractivity contribution < 1.29 is 8.83 Å². The van der Waals surface area contributed by atoms with Gasteiger partial charge < -0.3 is 18.6 Å². The molecule has 0 saturated carbocycles. The standard InChI is InChI=1S/C96H58N6O2/c1-3-21-63(22-4-1)101(65-45-39-59(40-46-65)93-99-87-35-17-19-37-89(87)103-93)67-49-53-75-73-51-43-61(55-81(73)95(83(75)57-67)77-29-11-7-25-69(77)70-26-8-12-30-78(70)95)91-92(98-86-34-16-15-33-85(86)97-91)62-44-52-74-76-54-50-68(58-84(76)96(82(74)56-62)79-31-13-9-27-71(79)72-28-10-14-32-80(72)96)102(64-23-5-2-6-24-64)66-47-41-60(42-48-66)94-100-88-36-18-20-38-90(88)104-94/h1-58H. The number of hydrogen-bond acceptors (Lipinski definition) is 8. The summed E-state index contributed by atoms with van der Waals surface area (Å²) in [5.74, 6) is 1.18.